The summed E-state index contributed by atoms with van der Waals surface area (Å²) >= 11 is 5.80. The van der Waals surface area contributed by atoms with Crippen LogP contribution in [0, 0.1) is 11.3 Å². The van der Waals surface area contributed by atoms with Crippen molar-refractivity contribution in [3.63, 3.8) is 0 Å². The lowest BCUT2D eigenvalue weighted by Gasteiger charge is -2.30. The van der Waals surface area contributed by atoms with Gasteiger partial charge >= 0.3 is 6.09 Å². The second kappa shape index (κ2) is 7.36. The van der Waals surface area contributed by atoms with Gasteiger partial charge in [-0.05, 0) is 35.9 Å². The van der Waals surface area contributed by atoms with Crippen LogP contribution in [0.5, 0.6) is 5.75 Å². The molecule has 1 saturated heterocycles. The van der Waals surface area contributed by atoms with E-state index in [1.165, 1.54) is 4.90 Å². The lowest BCUT2D eigenvalue weighted by molar-refractivity contribution is 0.0893. The van der Waals surface area contributed by atoms with E-state index in [-0.39, 0.29) is 11.4 Å². The van der Waals surface area contributed by atoms with Gasteiger partial charge in [-0.15, -0.1) is 0 Å². The number of nitriles is 1. The molecule has 2 heterocycles. The molecule has 0 unspecified atom stereocenters. The second-order valence-electron chi connectivity index (χ2n) is 5.62. The molecule has 8 heteroatoms. The van der Waals surface area contributed by atoms with Crippen molar-refractivity contribution in [3.05, 3.63) is 41.3 Å². The summed E-state index contributed by atoms with van der Waals surface area (Å²) in [7, 11) is 0. The van der Waals surface area contributed by atoms with Crippen LogP contribution >= 0.6 is 11.6 Å². The van der Waals surface area contributed by atoms with Crippen molar-refractivity contribution in [1.82, 2.24) is 14.9 Å². The zero-order valence-corrected chi connectivity index (χ0v) is 14.0. The highest BCUT2D eigenvalue weighted by atomic mass is 35.5. The Labute approximate surface area is 149 Å². The number of halogens is 1. The van der Waals surface area contributed by atoms with Gasteiger partial charge in [0.25, 0.3) is 0 Å². The Balaban J connectivity index is 1.75. The molecular formula is C17H15ClN4O3. The summed E-state index contributed by atoms with van der Waals surface area (Å²) < 4.78 is 5.92. The number of rotatable bonds is 3. The van der Waals surface area contributed by atoms with Gasteiger partial charge in [-0.25, -0.2) is 14.8 Å². The maximum atomic E-state index is 10.9. The highest BCUT2D eigenvalue weighted by Crippen LogP contribution is 2.28. The van der Waals surface area contributed by atoms with Crippen LogP contribution in [0.1, 0.15) is 18.4 Å². The van der Waals surface area contributed by atoms with Crippen molar-refractivity contribution in [3.8, 4) is 23.1 Å². The van der Waals surface area contributed by atoms with Crippen molar-refractivity contribution >= 4 is 17.7 Å². The fourth-order valence-electron chi connectivity index (χ4n) is 2.72. The number of hydrogen-bond donors (Lipinski definition) is 1. The summed E-state index contributed by atoms with van der Waals surface area (Å²) in [6.45, 7) is 0.860. The standard InChI is InChI=1S/C17H15ClN4O3/c18-16-20-6-3-14(21-16)11-1-2-15(12(9-11)10-19)25-13-4-7-22(8-5-13)17(23)24/h1-3,6,9,13H,4-5,7-8H2,(H,23,24). The Morgan fingerprint density at radius 3 is 2.76 bits per heavy atom. The molecule has 1 aromatic carbocycles. The molecule has 3 rings (SSSR count). The van der Waals surface area contributed by atoms with E-state index in [9.17, 15) is 10.1 Å². The number of carbonyl (C=O) groups is 1. The maximum Gasteiger partial charge on any atom is 0.407 e. The average molecular weight is 359 g/mol. The number of benzene rings is 1. The van der Waals surface area contributed by atoms with E-state index in [0.29, 0.717) is 42.9 Å². The summed E-state index contributed by atoms with van der Waals surface area (Å²) in [4.78, 5) is 20.3. The van der Waals surface area contributed by atoms with Crippen molar-refractivity contribution in [2.45, 2.75) is 18.9 Å². The van der Waals surface area contributed by atoms with Crippen molar-refractivity contribution in [2.75, 3.05) is 13.1 Å². The smallest absolute Gasteiger partial charge is 0.407 e. The van der Waals surface area contributed by atoms with Gasteiger partial charge in [0.2, 0.25) is 5.28 Å². The van der Waals surface area contributed by atoms with E-state index in [2.05, 4.69) is 16.0 Å². The summed E-state index contributed by atoms with van der Waals surface area (Å²) in [5.74, 6) is 0.486. The maximum absolute atomic E-state index is 10.9. The van der Waals surface area contributed by atoms with Crippen LogP contribution < -0.4 is 4.74 Å². The van der Waals surface area contributed by atoms with Gasteiger partial charge in [-0.1, -0.05) is 0 Å². The Morgan fingerprint density at radius 1 is 1.36 bits per heavy atom. The molecule has 1 aromatic heterocycles. The van der Waals surface area contributed by atoms with Gasteiger partial charge in [0, 0.05) is 37.7 Å². The van der Waals surface area contributed by atoms with Crippen LogP contribution in [0.25, 0.3) is 11.3 Å². The first-order valence-corrected chi connectivity index (χ1v) is 8.12. The second-order valence-corrected chi connectivity index (χ2v) is 5.96. The lowest BCUT2D eigenvalue weighted by Crippen LogP contribution is -2.41. The molecule has 1 fully saturated rings. The molecule has 25 heavy (non-hydrogen) atoms. The zero-order chi connectivity index (χ0) is 17.8. The van der Waals surface area contributed by atoms with Gasteiger partial charge in [0.05, 0.1) is 11.3 Å². The first-order chi connectivity index (χ1) is 12.1. The lowest BCUT2D eigenvalue weighted by atomic mass is 10.1. The molecule has 2 aromatic rings. The number of piperidine rings is 1. The number of nitrogens with zero attached hydrogens (tertiary/aromatic N) is 4. The largest absolute Gasteiger partial charge is 0.489 e. The highest BCUT2D eigenvalue weighted by molar-refractivity contribution is 6.28. The van der Waals surface area contributed by atoms with E-state index in [1.54, 1.807) is 30.5 Å². The molecule has 1 aliphatic rings. The number of ether oxygens (including phenoxy) is 1. The van der Waals surface area contributed by atoms with Crippen LogP contribution in [0.3, 0.4) is 0 Å². The topological polar surface area (TPSA) is 99.3 Å². The number of likely N-dealkylation sites (tertiary alicyclic amines) is 1. The molecule has 7 nitrogen and oxygen atoms in total. The highest BCUT2D eigenvalue weighted by Gasteiger charge is 2.24. The van der Waals surface area contributed by atoms with Gasteiger partial charge < -0.3 is 14.7 Å². The first-order valence-electron chi connectivity index (χ1n) is 7.74. The summed E-state index contributed by atoms with van der Waals surface area (Å²) in [6.07, 6.45) is 1.73. The van der Waals surface area contributed by atoms with Gasteiger partial charge in [0.1, 0.15) is 17.9 Å². The minimum atomic E-state index is -0.913. The molecule has 1 aliphatic heterocycles. The predicted octanol–water partition coefficient (Wildman–Crippen LogP) is 3.19. The van der Waals surface area contributed by atoms with Crippen molar-refractivity contribution < 1.29 is 14.6 Å². The van der Waals surface area contributed by atoms with Crippen molar-refractivity contribution in [2.24, 2.45) is 0 Å². The number of hydrogen-bond acceptors (Lipinski definition) is 5. The summed E-state index contributed by atoms with van der Waals surface area (Å²) in [5, 5.41) is 18.5. The van der Waals surface area contributed by atoms with Crippen LogP contribution in [-0.4, -0.2) is 45.3 Å². The molecule has 0 saturated carbocycles. The normalized spacial score (nSPS) is 14.8. The third-order valence-electron chi connectivity index (χ3n) is 4.03. The quantitative estimate of drug-likeness (QED) is 0.846. The average Bonchev–Trinajstić information content (AvgIpc) is 2.62. The molecule has 0 aliphatic carbocycles. The van der Waals surface area contributed by atoms with E-state index in [4.69, 9.17) is 21.4 Å². The molecule has 0 atom stereocenters. The third kappa shape index (κ3) is 3.98. The Morgan fingerprint density at radius 2 is 2.12 bits per heavy atom. The van der Waals surface area contributed by atoms with Crippen LogP contribution in [0.2, 0.25) is 5.28 Å². The Hall–Kier alpha value is -2.85. The molecule has 1 amide bonds. The van der Waals surface area contributed by atoms with E-state index < -0.39 is 6.09 Å². The molecular weight excluding hydrogens is 344 g/mol. The van der Waals surface area contributed by atoms with Crippen LogP contribution in [-0.2, 0) is 0 Å². The van der Waals surface area contributed by atoms with Crippen molar-refractivity contribution in [1.29, 1.82) is 5.26 Å². The van der Waals surface area contributed by atoms with Crippen LogP contribution in [0.4, 0.5) is 4.79 Å². The van der Waals surface area contributed by atoms with E-state index in [0.717, 1.165) is 5.56 Å². The third-order valence-corrected chi connectivity index (χ3v) is 4.21. The van der Waals surface area contributed by atoms with Crippen LogP contribution in [0.15, 0.2) is 30.5 Å². The zero-order valence-electron chi connectivity index (χ0n) is 13.2. The molecule has 128 valence electrons. The molecule has 1 N–H and O–H groups in total. The molecule has 0 spiro atoms. The first kappa shape index (κ1) is 17.0. The Kier molecular flexibility index (Phi) is 5.00. The molecule has 0 radical (unpaired) electrons. The fourth-order valence-corrected chi connectivity index (χ4v) is 2.87. The van der Waals surface area contributed by atoms with Gasteiger partial charge in [-0.2, -0.15) is 5.26 Å². The SMILES string of the molecule is N#Cc1cc(-c2ccnc(Cl)n2)ccc1OC1CCN(C(=O)O)CC1. The van der Waals surface area contributed by atoms with E-state index in [1.807, 2.05) is 0 Å². The Bertz CT molecular complexity index is 829. The summed E-state index contributed by atoms with van der Waals surface area (Å²) in [6, 6.07) is 9.08. The van der Waals surface area contributed by atoms with E-state index >= 15 is 0 Å². The minimum absolute atomic E-state index is 0.109. The fraction of sp³-hybridized carbons (Fsp3) is 0.294. The minimum Gasteiger partial charge on any atom is -0.489 e. The predicted molar refractivity (Wildman–Crippen MR) is 90.4 cm³/mol. The number of aromatic nitrogens is 2. The van der Waals surface area contributed by atoms with Gasteiger partial charge in [-0.3, -0.25) is 0 Å². The summed E-state index contributed by atoms with van der Waals surface area (Å²) in [5.41, 5.74) is 1.76. The number of amides is 1. The van der Waals surface area contributed by atoms with Gasteiger partial charge in [0.15, 0.2) is 0 Å². The number of carboxylic acid groups (broad SMARTS) is 1. The monoisotopic (exact) mass is 358 g/mol. The molecule has 0 bridgehead atoms.